The topological polar surface area (TPSA) is 79.4 Å². The Bertz CT molecular complexity index is 813. The van der Waals surface area contributed by atoms with Crippen molar-refractivity contribution >= 4 is 32.4 Å². The van der Waals surface area contributed by atoms with Gasteiger partial charge < -0.3 is 4.90 Å². The number of likely N-dealkylation sites (tertiary alicyclic amines) is 1. The number of benzene rings is 1. The smallest absolute Gasteiger partial charge is 0.263 e. The maximum absolute atomic E-state index is 12.3. The van der Waals surface area contributed by atoms with Gasteiger partial charge in [-0.15, -0.1) is 11.3 Å². The Kier molecular flexibility index (Phi) is 5.70. The number of thiazole rings is 1. The number of nitrogens with zero attached hydrogens (tertiary/aromatic N) is 2. The van der Waals surface area contributed by atoms with Gasteiger partial charge in [0.05, 0.1) is 10.6 Å². The van der Waals surface area contributed by atoms with E-state index in [0.717, 1.165) is 31.6 Å². The SMILES string of the molecule is O=C(CCc1csc(NS(=O)(=O)c2ccccc2)n1)N1CCCCC1. The number of aromatic nitrogens is 1. The van der Waals surface area contributed by atoms with Crippen LogP contribution in [0.4, 0.5) is 5.13 Å². The van der Waals surface area contributed by atoms with Crippen LogP contribution in [0.5, 0.6) is 0 Å². The number of aryl methyl sites for hydroxylation is 1. The molecule has 2 heterocycles. The zero-order chi connectivity index (χ0) is 17.7. The van der Waals surface area contributed by atoms with E-state index in [1.54, 1.807) is 23.6 Å². The molecule has 1 aromatic heterocycles. The molecular formula is C17H21N3O3S2. The Morgan fingerprint density at radius 2 is 1.88 bits per heavy atom. The standard InChI is InChI=1S/C17H21N3O3S2/c21-16(20-11-5-2-6-12-20)10-9-14-13-24-17(18-14)19-25(22,23)15-7-3-1-4-8-15/h1,3-4,7-8,13H,2,5-6,9-12H2,(H,18,19). The average molecular weight is 380 g/mol. The highest BCUT2D eigenvalue weighted by Crippen LogP contribution is 2.21. The van der Waals surface area contributed by atoms with Crippen LogP contribution in [0.15, 0.2) is 40.6 Å². The van der Waals surface area contributed by atoms with Gasteiger partial charge >= 0.3 is 0 Å². The summed E-state index contributed by atoms with van der Waals surface area (Å²) in [5, 5.41) is 2.12. The molecule has 1 amide bonds. The molecule has 1 saturated heterocycles. The van der Waals surface area contributed by atoms with E-state index in [0.29, 0.717) is 18.0 Å². The molecule has 0 atom stereocenters. The molecule has 1 fully saturated rings. The lowest BCUT2D eigenvalue weighted by atomic mass is 10.1. The molecule has 6 nitrogen and oxygen atoms in total. The Balaban J connectivity index is 1.56. The van der Waals surface area contributed by atoms with Crippen molar-refractivity contribution in [3.8, 4) is 0 Å². The van der Waals surface area contributed by atoms with E-state index in [2.05, 4.69) is 9.71 Å². The molecule has 0 aliphatic carbocycles. The molecule has 0 saturated carbocycles. The first kappa shape index (κ1) is 17.9. The highest BCUT2D eigenvalue weighted by atomic mass is 32.2. The van der Waals surface area contributed by atoms with Gasteiger partial charge in [-0.3, -0.25) is 9.52 Å². The maximum atomic E-state index is 12.3. The van der Waals surface area contributed by atoms with E-state index < -0.39 is 10.0 Å². The molecule has 0 bridgehead atoms. The summed E-state index contributed by atoms with van der Waals surface area (Å²) in [6, 6.07) is 8.18. The van der Waals surface area contributed by atoms with Crippen LogP contribution in [0.3, 0.4) is 0 Å². The van der Waals surface area contributed by atoms with Crippen molar-refractivity contribution in [2.45, 2.75) is 37.0 Å². The molecule has 25 heavy (non-hydrogen) atoms. The number of nitrogens with one attached hydrogen (secondary N) is 1. The summed E-state index contributed by atoms with van der Waals surface area (Å²) in [7, 11) is -3.63. The number of piperidine rings is 1. The van der Waals surface area contributed by atoms with E-state index in [-0.39, 0.29) is 10.8 Å². The zero-order valence-corrected chi connectivity index (χ0v) is 15.5. The van der Waals surface area contributed by atoms with Gasteiger partial charge in [0.15, 0.2) is 5.13 Å². The Morgan fingerprint density at radius 3 is 2.60 bits per heavy atom. The third-order valence-electron chi connectivity index (χ3n) is 4.13. The van der Waals surface area contributed by atoms with E-state index in [1.807, 2.05) is 4.90 Å². The van der Waals surface area contributed by atoms with Gasteiger partial charge in [0.2, 0.25) is 5.91 Å². The van der Waals surface area contributed by atoms with Crippen LogP contribution < -0.4 is 4.72 Å². The summed E-state index contributed by atoms with van der Waals surface area (Å²) >= 11 is 1.23. The summed E-state index contributed by atoms with van der Waals surface area (Å²) in [4.78, 5) is 18.6. The molecule has 8 heteroatoms. The summed E-state index contributed by atoms with van der Waals surface area (Å²) < 4.78 is 27.0. The van der Waals surface area contributed by atoms with Crippen molar-refractivity contribution in [2.75, 3.05) is 17.8 Å². The number of rotatable bonds is 6. The summed E-state index contributed by atoms with van der Waals surface area (Å²) in [6.45, 7) is 1.69. The van der Waals surface area contributed by atoms with Crippen molar-refractivity contribution in [1.82, 2.24) is 9.88 Å². The molecule has 3 rings (SSSR count). The molecular weight excluding hydrogens is 358 g/mol. The van der Waals surface area contributed by atoms with Crippen LogP contribution in [-0.4, -0.2) is 37.3 Å². The predicted octanol–water partition coefficient (Wildman–Crippen LogP) is 2.89. The number of sulfonamides is 1. The van der Waals surface area contributed by atoms with Gasteiger partial charge in [0, 0.05) is 24.9 Å². The second kappa shape index (κ2) is 7.97. The highest BCUT2D eigenvalue weighted by molar-refractivity contribution is 7.93. The Labute approximate surface area is 151 Å². The third-order valence-corrected chi connectivity index (χ3v) is 6.42. The van der Waals surface area contributed by atoms with Crippen LogP contribution in [0, 0.1) is 0 Å². The number of anilines is 1. The predicted molar refractivity (Wildman–Crippen MR) is 98.1 cm³/mol. The normalized spacial score (nSPS) is 15.1. The molecule has 0 unspecified atom stereocenters. The van der Waals surface area contributed by atoms with Crippen LogP contribution in [0.25, 0.3) is 0 Å². The molecule has 1 aromatic carbocycles. The fraction of sp³-hybridized carbons (Fsp3) is 0.412. The fourth-order valence-corrected chi connectivity index (χ4v) is 4.80. The van der Waals surface area contributed by atoms with Crippen molar-refractivity contribution in [3.63, 3.8) is 0 Å². The zero-order valence-electron chi connectivity index (χ0n) is 13.8. The van der Waals surface area contributed by atoms with Gasteiger partial charge in [-0.2, -0.15) is 0 Å². The van der Waals surface area contributed by atoms with Crippen molar-refractivity contribution < 1.29 is 13.2 Å². The lowest BCUT2D eigenvalue weighted by Gasteiger charge is -2.26. The number of carbonyl (C=O) groups excluding carboxylic acids is 1. The molecule has 0 radical (unpaired) electrons. The van der Waals surface area contributed by atoms with Gasteiger partial charge in [-0.25, -0.2) is 13.4 Å². The molecule has 2 aromatic rings. The lowest BCUT2D eigenvalue weighted by Crippen LogP contribution is -2.35. The molecule has 1 aliphatic heterocycles. The Hall–Kier alpha value is -1.93. The minimum Gasteiger partial charge on any atom is -0.343 e. The molecule has 1 N–H and O–H groups in total. The monoisotopic (exact) mass is 379 g/mol. The van der Waals surface area contributed by atoms with E-state index in [4.69, 9.17) is 0 Å². The molecule has 1 aliphatic rings. The number of amides is 1. The van der Waals surface area contributed by atoms with E-state index in [1.165, 1.54) is 29.9 Å². The van der Waals surface area contributed by atoms with E-state index >= 15 is 0 Å². The van der Waals surface area contributed by atoms with Crippen molar-refractivity contribution in [3.05, 3.63) is 41.4 Å². The van der Waals surface area contributed by atoms with Crippen LogP contribution >= 0.6 is 11.3 Å². The van der Waals surface area contributed by atoms with Gasteiger partial charge in [0.25, 0.3) is 10.0 Å². The van der Waals surface area contributed by atoms with Crippen LogP contribution in [-0.2, 0) is 21.2 Å². The third kappa shape index (κ3) is 4.79. The maximum Gasteiger partial charge on any atom is 0.263 e. The minimum atomic E-state index is -3.63. The van der Waals surface area contributed by atoms with Crippen molar-refractivity contribution in [1.29, 1.82) is 0 Å². The largest absolute Gasteiger partial charge is 0.343 e. The second-order valence-electron chi connectivity index (χ2n) is 6.00. The second-order valence-corrected chi connectivity index (χ2v) is 8.54. The van der Waals surface area contributed by atoms with Crippen LogP contribution in [0.1, 0.15) is 31.4 Å². The minimum absolute atomic E-state index is 0.152. The fourth-order valence-electron chi connectivity index (χ4n) is 2.78. The molecule has 0 spiro atoms. The average Bonchev–Trinajstić information content (AvgIpc) is 3.08. The number of carbonyl (C=O) groups is 1. The summed E-state index contributed by atoms with van der Waals surface area (Å²) in [5.41, 5.74) is 0.737. The lowest BCUT2D eigenvalue weighted by molar-refractivity contribution is -0.132. The first-order valence-corrected chi connectivity index (χ1v) is 10.7. The van der Waals surface area contributed by atoms with Gasteiger partial charge in [0.1, 0.15) is 0 Å². The van der Waals surface area contributed by atoms with Gasteiger partial charge in [-0.1, -0.05) is 18.2 Å². The number of hydrogen-bond donors (Lipinski definition) is 1. The first-order chi connectivity index (χ1) is 12.0. The quantitative estimate of drug-likeness (QED) is 0.837. The Morgan fingerprint density at radius 1 is 1.16 bits per heavy atom. The van der Waals surface area contributed by atoms with Gasteiger partial charge in [-0.05, 0) is 37.8 Å². The van der Waals surface area contributed by atoms with E-state index in [9.17, 15) is 13.2 Å². The highest BCUT2D eigenvalue weighted by Gasteiger charge is 2.18. The summed E-state index contributed by atoms with van der Waals surface area (Å²) in [6.07, 6.45) is 4.29. The summed E-state index contributed by atoms with van der Waals surface area (Å²) in [5.74, 6) is 0.152. The van der Waals surface area contributed by atoms with Crippen LogP contribution in [0.2, 0.25) is 0 Å². The number of hydrogen-bond acceptors (Lipinski definition) is 5. The molecule has 134 valence electrons. The van der Waals surface area contributed by atoms with Crippen molar-refractivity contribution in [2.24, 2.45) is 0 Å². The first-order valence-electron chi connectivity index (χ1n) is 8.35.